The van der Waals surface area contributed by atoms with Gasteiger partial charge in [0.2, 0.25) is 0 Å². The molecule has 0 unspecified atom stereocenters. The van der Waals surface area contributed by atoms with Gasteiger partial charge >= 0.3 is 0 Å². The highest BCUT2D eigenvalue weighted by Crippen LogP contribution is 2.14. The summed E-state index contributed by atoms with van der Waals surface area (Å²) in [7, 11) is 1.90. The van der Waals surface area contributed by atoms with E-state index in [2.05, 4.69) is 51.5 Å². The van der Waals surface area contributed by atoms with Gasteiger partial charge in [0.25, 0.3) is 0 Å². The van der Waals surface area contributed by atoms with Gasteiger partial charge in [0.15, 0.2) is 0 Å². The molecule has 104 valence electrons. The van der Waals surface area contributed by atoms with Crippen LogP contribution in [0.5, 0.6) is 0 Å². The number of hydrogen-bond acceptors (Lipinski definition) is 4. The Labute approximate surface area is 113 Å². The highest BCUT2D eigenvalue weighted by atomic mass is 15.4. The second-order valence-corrected chi connectivity index (χ2v) is 4.70. The molecule has 0 spiro atoms. The maximum atomic E-state index is 4.62. The Balaban J connectivity index is 2.02. The lowest BCUT2D eigenvalue weighted by Crippen LogP contribution is -2.09. The minimum absolute atomic E-state index is 0.490. The quantitative estimate of drug-likeness (QED) is 0.823. The molecule has 0 radical (unpaired) electrons. The molecule has 0 aromatic carbocycles. The molecule has 6 heteroatoms. The van der Waals surface area contributed by atoms with Crippen molar-refractivity contribution in [2.24, 2.45) is 0 Å². The van der Waals surface area contributed by atoms with Gasteiger partial charge in [-0.25, -0.2) is 4.68 Å². The Morgan fingerprint density at radius 1 is 1.26 bits per heavy atom. The van der Waals surface area contributed by atoms with Gasteiger partial charge in [0.05, 0.1) is 30.2 Å². The van der Waals surface area contributed by atoms with Crippen LogP contribution in [-0.4, -0.2) is 31.8 Å². The predicted octanol–water partition coefficient (Wildman–Crippen LogP) is 1.60. The van der Waals surface area contributed by atoms with Crippen molar-refractivity contribution in [2.45, 2.75) is 45.8 Å². The van der Waals surface area contributed by atoms with Crippen LogP contribution in [0.3, 0.4) is 0 Å². The molecule has 0 saturated carbocycles. The van der Waals surface area contributed by atoms with E-state index < -0.39 is 0 Å². The normalized spacial score (nSPS) is 11.4. The van der Waals surface area contributed by atoms with Crippen molar-refractivity contribution in [2.75, 3.05) is 7.05 Å². The highest BCUT2D eigenvalue weighted by molar-refractivity contribution is 5.01. The first-order chi connectivity index (χ1) is 9.26. The van der Waals surface area contributed by atoms with Crippen LogP contribution in [0.2, 0.25) is 0 Å². The minimum Gasteiger partial charge on any atom is -0.314 e. The molecule has 0 bridgehead atoms. The predicted molar refractivity (Wildman–Crippen MR) is 73.7 cm³/mol. The van der Waals surface area contributed by atoms with Crippen LogP contribution in [0.1, 0.15) is 44.1 Å². The summed E-state index contributed by atoms with van der Waals surface area (Å²) in [5.74, 6) is 0. The monoisotopic (exact) mass is 262 g/mol. The Morgan fingerprint density at radius 2 is 2.05 bits per heavy atom. The summed E-state index contributed by atoms with van der Waals surface area (Å²) in [6.45, 7) is 5.79. The van der Waals surface area contributed by atoms with Crippen molar-refractivity contribution in [3.63, 3.8) is 0 Å². The first-order valence-corrected chi connectivity index (χ1v) is 6.84. The lowest BCUT2D eigenvalue weighted by atomic mass is 10.2. The standard InChI is InChI=1S/C13H22N6/c1-4-13(5-2)19-7-6-11(16-19)9-18-10-12(8-14-3)15-17-18/h6-7,10,13-14H,4-5,8-9H2,1-3H3. The van der Waals surface area contributed by atoms with Gasteiger partial charge in [0, 0.05) is 12.7 Å². The van der Waals surface area contributed by atoms with E-state index >= 15 is 0 Å². The summed E-state index contributed by atoms with van der Waals surface area (Å²) in [4.78, 5) is 0. The first-order valence-electron chi connectivity index (χ1n) is 6.84. The molecule has 2 aromatic rings. The zero-order valence-electron chi connectivity index (χ0n) is 11.9. The smallest absolute Gasteiger partial charge is 0.0964 e. The van der Waals surface area contributed by atoms with Gasteiger partial charge < -0.3 is 5.32 Å². The first kappa shape index (κ1) is 13.7. The van der Waals surface area contributed by atoms with Crippen molar-refractivity contribution >= 4 is 0 Å². The molecule has 2 aromatic heterocycles. The number of hydrogen-bond donors (Lipinski definition) is 1. The topological polar surface area (TPSA) is 60.6 Å². The van der Waals surface area contributed by atoms with Crippen molar-refractivity contribution in [1.82, 2.24) is 30.1 Å². The number of rotatable bonds is 7. The van der Waals surface area contributed by atoms with E-state index in [-0.39, 0.29) is 0 Å². The third-order valence-electron chi connectivity index (χ3n) is 3.25. The fourth-order valence-electron chi connectivity index (χ4n) is 2.17. The molecule has 19 heavy (non-hydrogen) atoms. The van der Waals surface area contributed by atoms with E-state index in [9.17, 15) is 0 Å². The van der Waals surface area contributed by atoms with Crippen molar-refractivity contribution < 1.29 is 0 Å². The van der Waals surface area contributed by atoms with Crippen molar-refractivity contribution in [1.29, 1.82) is 0 Å². The van der Waals surface area contributed by atoms with E-state index in [1.807, 2.05) is 17.9 Å². The molecule has 1 N–H and O–H groups in total. The average Bonchev–Trinajstić information content (AvgIpc) is 3.02. The van der Waals surface area contributed by atoms with E-state index in [4.69, 9.17) is 0 Å². The van der Waals surface area contributed by atoms with Crippen LogP contribution in [-0.2, 0) is 13.1 Å². The zero-order chi connectivity index (χ0) is 13.7. The maximum absolute atomic E-state index is 4.62. The molecule has 0 aliphatic heterocycles. The summed E-state index contributed by atoms with van der Waals surface area (Å²) >= 11 is 0. The molecular formula is C13H22N6. The SMILES string of the molecule is CCC(CC)n1ccc(Cn2cc(CNC)nn2)n1. The Bertz CT molecular complexity index is 497. The van der Waals surface area contributed by atoms with Gasteiger partial charge in [-0.15, -0.1) is 5.10 Å². The third-order valence-corrected chi connectivity index (χ3v) is 3.25. The molecule has 2 heterocycles. The average molecular weight is 262 g/mol. The molecule has 0 amide bonds. The Hall–Kier alpha value is -1.69. The van der Waals surface area contributed by atoms with E-state index in [1.165, 1.54) is 0 Å². The van der Waals surface area contributed by atoms with Crippen LogP contribution in [0.15, 0.2) is 18.5 Å². The van der Waals surface area contributed by atoms with Gasteiger partial charge in [-0.1, -0.05) is 19.1 Å². The number of aromatic nitrogens is 5. The molecule has 0 aliphatic carbocycles. The van der Waals surface area contributed by atoms with Crippen LogP contribution in [0, 0.1) is 0 Å². The summed E-state index contributed by atoms with van der Waals surface area (Å²) < 4.78 is 3.88. The molecule has 6 nitrogen and oxygen atoms in total. The van der Waals surface area contributed by atoms with Crippen molar-refractivity contribution in [3.05, 3.63) is 29.8 Å². The van der Waals surface area contributed by atoms with Crippen LogP contribution >= 0.6 is 0 Å². The second-order valence-electron chi connectivity index (χ2n) is 4.70. The lowest BCUT2D eigenvalue weighted by Gasteiger charge is -2.12. The molecule has 0 fully saturated rings. The van der Waals surface area contributed by atoms with Gasteiger partial charge in [0.1, 0.15) is 0 Å². The molecule has 0 saturated heterocycles. The van der Waals surface area contributed by atoms with Gasteiger partial charge in [-0.05, 0) is 26.0 Å². The number of nitrogens with one attached hydrogen (secondary N) is 1. The van der Waals surface area contributed by atoms with Crippen LogP contribution in [0.25, 0.3) is 0 Å². The molecular weight excluding hydrogens is 240 g/mol. The van der Waals surface area contributed by atoms with E-state index in [0.29, 0.717) is 12.6 Å². The molecule has 2 rings (SSSR count). The number of nitrogens with zero attached hydrogens (tertiary/aromatic N) is 5. The second kappa shape index (κ2) is 6.47. The van der Waals surface area contributed by atoms with Gasteiger partial charge in [-0.3, -0.25) is 4.68 Å². The van der Waals surface area contributed by atoms with Crippen LogP contribution < -0.4 is 5.32 Å². The summed E-state index contributed by atoms with van der Waals surface area (Å²) in [5, 5.41) is 15.9. The Morgan fingerprint density at radius 3 is 2.74 bits per heavy atom. The fraction of sp³-hybridized carbons (Fsp3) is 0.615. The summed E-state index contributed by atoms with van der Waals surface area (Å²) in [6.07, 6.45) is 6.21. The van der Waals surface area contributed by atoms with Crippen LogP contribution in [0.4, 0.5) is 0 Å². The zero-order valence-corrected chi connectivity index (χ0v) is 11.9. The van der Waals surface area contributed by atoms with E-state index in [1.54, 1.807) is 0 Å². The Kier molecular flexibility index (Phi) is 4.68. The molecule has 0 atom stereocenters. The summed E-state index contributed by atoms with van der Waals surface area (Å²) in [5.41, 5.74) is 1.97. The van der Waals surface area contributed by atoms with Gasteiger partial charge in [-0.2, -0.15) is 5.10 Å². The van der Waals surface area contributed by atoms with E-state index in [0.717, 1.165) is 30.8 Å². The molecule has 0 aliphatic rings. The largest absolute Gasteiger partial charge is 0.314 e. The third kappa shape index (κ3) is 3.41. The minimum atomic E-state index is 0.490. The highest BCUT2D eigenvalue weighted by Gasteiger charge is 2.08. The summed E-state index contributed by atoms with van der Waals surface area (Å²) in [6, 6.07) is 2.54. The van der Waals surface area contributed by atoms with Crippen molar-refractivity contribution in [3.8, 4) is 0 Å². The maximum Gasteiger partial charge on any atom is 0.0964 e. The fourth-order valence-corrected chi connectivity index (χ4v) is 2.17. The lowest BCUT2D eigenvalue weighted by molar-refractivity contribution is 0.423.